The molecule has 2 aromatic rings. The van der Waals surface area contributed by atoms with E-state index in [1.165, 1.54) is 11.9 Å². The normalized spacial score (nSPS) is 14.4. The monoisotopic (exact) mass is 328 g/mol. The molecule has 0 atom stereocenters. The molecule has 8 heteroatoms. The number of nitrogens with one attached hydrogen (secondary N) is 1. The SMILES string of the molecule is Cc1noc(NC(=O)CN2C(=O)CN(C)C2=O)c1-c1ccccc1. The zero-order valence-corrected chi connectivity index (χ0v) is 13.3. The molecule has 1 aliphatic rings. The fourth-order valence-electron chi connectivity index (χ4n) is 2.53. The number of imide groups is 1. The van der Waals surface area contributed by atoms with Crippen LogP contribution in [0, 0.1) is 6.92 Å². The molecule has 1 aromatic heterocycles. The highest BCUT2D eigenvalue weighted by atomic mass is 16.5. The molecule has 1 aromatic carbocycles. The highest BCUT2D eigenvalue weighted by Gasteiger charge is 2.35. The third kappa shape index (κ3) is 2.85. The fraction of sp³-hybridized carbons (Fsp3) is 0.250. The summed E-state index contributed by atoms with van der Waals surface area (Å²) in [5, 5.41) is 6.45. The molecule has 3 rings (SSSR count). The van der Waals surface area contributed by atoms with Gasteiger partial charge >= 0.3 is 6.03 Å². The molecule has 1 saturated heterocycles. The first-order valence-corrected chi connectivity index (χ1v) is 7.34. The van der Waals surface area contributed by atoms with Crippen LogP contribution in [0.3, 0.4) is 0 Å². The molecule has 2 heterocycles. The molecule has 24 heavy (non-hydrogen) atoms. The van der Waals surface area contributed by atoms with Crippen LogP contribution in [0.4, 0.5) is 10.7 Å². The summed E-state index contributed by atoms with van der Waals surface area (Å²) >= 11 is 0. The molecule has 0 aliphatic carbocycles. The number of hydrogen-bond acceptors (Lipinski definition) is 5. The molecule has 0 saturated carbocycles. The summed E-state index contributed by atoms with van der Waals surface area (Å²) in [7, 11) is 1.51. The van der Waals surface area contributed by atoms with Crippen molar-refractivity contribution in [1.82, 2.24) is 15.0 Å². The number of carbonyl (C=O) groups excluding carboxylic acids is 3. The van der Waals surface area contributed by atoms with Gasteiger partial charge in [0, 0.05) is 7.05 Å². The number of anilines is 1. The van der Waals surface area contributed by atoms with E-state index in [0.29, 0.717) is 11.3 Å². The third-order valence-electron chi connectivity index (χ3n) is 3.71. The number of amides is 4. The standard InChI is InChI=1S/C16H16N4O4/c1-10-14(11-6-4-3-5-7-11)15(24-18-10)17-12(21)8-20-13(22)9-19(2)16(20)23/h3-7H,8-9H2,1-2H3,(H,17,21). The lowest BCUT2D eigenvalue weighted by Gasteiger charge is -2.13. The van der Waals surface area contributed by atoms with Crippen molar-refractivity contribution >= 4 is 23.7 Å². The lowest BCUT2D eigenvalue weighted by molar-refractivity contribution is -0.129. The summed E-state index contributed by atoms with van der Waals surface area (Å²) in [6.07, 6.45) is 0. The number of carbonyl (C=O) groups is 3. The number of urea groups is 1. The van der Waals surface area contributed by atoms with Crippen molar-refractivity contribution in [3.8, 4) is 11.1 Å². The van der Waals surface area contributed by atoms with Gasteiger partial charge < -0.3 is 9.42 Å². The Morgan fingerprint density at radius 1 is 1.29 bits per heavy atom. The van der Waals surface area contributed by atoms with E-state index in [2.05, 4.69) is 10.5 Å². The van der Waals surface area contributed by atoms with Crippen LogP contribution in [0.15, 0.2) is 34.9 Å². The maximum Gasteiger partial charge on any atom is 0.327 e. The second-order valence-electron chi connectivity index (χ2n) is 5.50. The van der Waals surface area contributed by atoms with Gasteiger partial charge in [-0.1, -0.05) is 35.5 Å². The molecular formula is C16H16N4O4. The van der Waals surface area contributed by atoms with Crippen LogP contribution in [0.2, 0.25) is 0 Å². The molecule has 0 bridgehead atoms. The van der Waals surface area contributed by atoms with E-state index in [0.717, 1.165) is 10.5 Å². The Kier molecular flexibility index (Phi) is 4.03. The molecule has 1 aliphatic heterocycles. The van der Waals surface area contributed by atoms with Crippen LogP contribution < -0.4 is 5.32 Å². The molecule has 1 N–H and O–H groups in total. The van der Waals surface area contributed by atoms with E-state index >= 15 is 0 Å². The van der Waals surface area contributed by atoms with Gasteiger partial charge in [-0.05, 0) is 12.5 Å². The van der Waals surface area contributed by atoms with Crippen LogP contribution in [-0.2, 0) is 9.59 Å². The van der Waals surface area contributed by atoms with Crippen LogP contribution in [-0.4, -0.2) is 52.9 Å². The minimum Gasteiger partial charge on any atom is -0.337 e. The van der Waals surface area contributed by atoms with Crippen molar-refractivity contribution in [3.05, 3.63) is 36.0 Å². The van der Waals surface area contributed by atoms with Gasteiger partial charge in [0.1, 0.15) is 13.1 Å². The van der Waals surface area contributed by atoms with Crippen molar-refractivity contribution in [2.75, 3.05) is 25.5 Å². The second-order valence-corrected chi connectivity index (χ2v) is 5.50. The highest BCUT2D eigenvalue weighted by molar-refractivity contribution is 6.06. The lowest BCUT2D eigenvalue weighted by Crippen LogP contribution is -2.38. The van der Waals surface area contributed by atoms with Gasteiger partial charge in [0.15, 0.2) is 0 Å². The Morgan fingerprint density at radius 3 is 2.62 bits per heavy atom. The minimum atomic E-state index is -0.527. The molecular weight excluding hydrogens is 312 g/mol. The first-order chi connectivity index (χ1) is 11.5. The summed E-state index contributed by atoms with van der Waals surface area (Å²) < 4.78 is 5.18. The Labute approximate surface area is 138 Å². The van der Waals surface area contributed by atoms with Gasteiger partial charge in [0.05, 0.1) is 11.3 Å². The zero-order valence-electron chi connectivity index (χ0n) is 13.3. The van der Waals surface area contributed by atoms with Crippen LogP contribution in [0.1, 0.15) is 5.69 Å². The number of likely N-dealkylation sites (N-methyl/N-ethyl adjacent to an activating group) is 1. The maximum atomic E-state index is 12.2. The predicted octanol–water partition coefficient (Wildman–Crippen LogP) is 1.48. The number of hydrogen-bond donors (Lipinski definition) is 1. The van der Waals surface area contributed by atoms with Crippen molar-refractivity contribution in [1.29, 1.82) is 0 Å². The number of nitrogens with zero attached hydrogens (tertiary/aromatic N) is 3. The van der Waals surface area contributed by atoms with E-state index in [9.17, 15) is 14.4 Å². The molecule has 0 unspecified atom stereocenters. The van der Waals surface area contributed by atoms with Crippen LogP contribution in [0.25, 0.3) is 11.1 Å². The largest absolute Gasteiger partial charge is 0.337 e. The van der Waals surface area contributed by atoms with E-state index < -0.39 is 17.8 Å². The summed E-state index contributed by atoms with van der Waals surface area (Å²) in [6, 6.07) is 8.86. The van der Waals surface area contributed by atoms with Crippen molar-refractivity contribution in [2.45, 2.75) is 6.92 Å². The first kappa shape index (κ1) is 15.7. The predicted molar refractivity (Wildman–Crippen MR) is 85.0 cm³/mol. The topological polar surface area (TPSA) is 95.8 Å². The fourth-order valence-corrected chi connectivity index (χ4v) is 2.53. The Balaban J connectivity index is 1.77. The van der Waals surface area contributed by atoms with Gasteiger partial charge in [-0.3, -0.25) is 19.8 Å². The van der Waals surface area contributed by atoms with Gasteiger partial charge in [-0.15, -0.1) is 0 Å². The quantitative estimate of drug-likeness (QED) is 0.858. The highest BCUT2D eigenvalue weighted by Crippen LogP contribution is 2.31. The third-order valence-corrected chi connectivity index (χ3v) is 3.71. The second kappa shape index (κ2) is 6.15. The van der Waals surface area contributed by atoms with Gasteiger partial charge in [0.2, 0.25) is 11.8 Å². The Hall–Kier alpha value is -3.16. The lowest BCUT2D eigenvalue weighted by atomic mass is 10.1. The van der Waals surface area contributed by atoms with Crippen LogP contribution in [0.5, 0.6) is 0 Å². The Bertz CT molecular complexity index is 800. The van der Waals surface area contributed by atoms with E-state index in [4.69, 9.17) is 4.52 Å². The summed E-state index contributed by atoms with van der Waals surface area (Å²) in [5.41, 5.74) is 2.14. The van der Waals surface area contributed by atoms with Crippen LogP contribution >= 0.6 is 0 Å². The smallest absolute Gasteiger partial charge is 0.327 e. The summed E-state index contributed by atoms with van der Waals surface area (Å²) in [6.45, 7) is 1.38. The maximum absolute atomic E-state index is 12.2. The van der Waals surface area contributed by atoms with E-state index in [1.807, 2.05) is 30.3 Å². The molecule has 8 nitrogen and oxygen atoms in total. The summed E-state index contributed by atoms with van der Waals surface area (Å²) in [5.74, 6) is -0.744. The van der Waals surface area contributed by atoms with Gasteiger partial charge in [-0.2, -0.15) is 0 Å². The molecule has 4 amide bonds. The molecule has 0 spiro atoms. The van der Waals surface area contributed by atoms with Gasteiger partial charge in [-0.25, -0.2) is 4.79 Å². The zero-order chi connectivity index (χ0) is 17.3. The Morgan fingerprint density at radius 2 is 2.00 bits per heavy atom. The molecule has 0 radical (unpaired) electrons. The number of benzene rings is 1. The first-order valence-electron chi connectivity index (χ1n) is 7.34. The average molecular weight is 328 g/mol. The summed E-state index contributed by atoms with van der Waals surface area (Å²) in [4.78, 5) is 37.9. The van der Waals surface area contributed by atoms with Crippen molar-refractivity contribution < 1.29 is 18.9 Å². The van der Waals surface area contributed by atoms with Gasteiger partial charge in [0.25, 0.3) is 5.91 Å². The van der Waals surface area contributed by atoms with E-state index in [1.54, 1.807) is 6.92 Å². The average Bonchev–Trinajstić information content (AvgIpc) is 3.03. The van der Waals surface area contributed by atoms with E-state index in [-0.39, 0.29) is 19.0 Å². The van der Waals surface area contributed by atoms with Crippen molar-refractivity contribution in [2.24, 2.45) is 0 Å². The minimum absolute atomic E-state index is 0.0250. The molecule has 1 fully saturated rings. The van der Waals surface area contributed by atoms with Crippen molar-refractivity contribution in [3.63, 3.8) is 0 Å². The molecule has 124 valence electrons. The number of aryl methyl sites for hydroxylation is 1. The number of aromatic nitrogens is 1. The number of rotatable bonds is 4.